The average Bonchev–Trinajstić information content (AvgIpc) is 3.16. The molecule has 1 amide bonds. The third-order valence-corrected chi connectivity index (χ3v) is 5.60. The summed E-state index contributed by atoms with van der Waals surface area (Å²) in [6.07, 6.45) is 3.51. The van der Waals surface area contributed by atoms with Crippen LogP contribution >= 0.6 is 0 Å². The van der Waals surface area contributed by atoms with Crippen molar-refractivity contribution < 1.29 is 18.5 Å². The van der Waals surface area contributed by atoms with Gasteiger partial charge in [-0.2, -0.15) is 0 Å². The first-order valence-electron chi connectivity index (χ1n) is 8.95. The second-order valence-electron chi connectivity index (χ2n) is 6.68. The van der Waals surface area contributed by atoms with Gasteiger partial charge in [-0.3, -0.25) is 9.00 Å². The first-order chi connectivity index (χ1) is 13.0. The molecule has 1 fully saturated rings. The minimum absolute atomic E-state index is 0.000827. The van der Waals surface area contributed by atoms with Gasteiger partial charge in [0.05, 0.1) is 20.3 Å². The van der Waals surface area contributed by atoms with Gasteiger partial charge < -0.3 is 14.4 Å². The molecule has 144 valence electrons. The van der Waals surface area contributed by atoms with Crippen LogP contribution in [0.2, 0.25) is 0 Å². The van der Waals surface area contributed by atoms with Gasteiger partial charge in [-0.1, -0.05) is 12.1 Å². The highest BCUT2D eigenvalue weighted by molar-refractivity contribution is 7.83. The van der Waals surface area contributed by atoms with Crippen LogP contribution < -0.4 is 9.47 Å². The van der Waals surface area contributed by atoms with Gasteiger partial charge in [0, 0.05) is 46.5 Å². The van der Waals surface area contributed by atoms with Crippen LogP contribution in [0.15, 0.2) is 42.5 Å². The van der Waals surface area contributed by atoms with Crippen LogP contribution in [0.3, 0.4) is 0 Å². The number of nitrogens with zero attached hydrogens (tertiary/aromatic N) is 1. The molecule has 0 aliphatic carbocycles. The fraction of sp³-hybridized carbons (Fsp3) is 0.381. The highest BCUT2D eigenvalue weighted by Gasteiger charge is 2.32. The molecule has 1 aliphatic rings. The van der Waals surface area contributed by atoms with Gasteiger partial charge in [-0.15, -0.1) is 0 Å². The number of amides is 1. The molecule has 0 bridgehead atoms. The van der Waals surface area contributed by atoms with Gasteiger partial charge in [-0.05, 0) is 42.7 Å². The normalized spacial score (nSPS) is 17.6. The van der Waals surface area contributed by atoms with Crippen molar-refractivity contribution in [1.82, 2.24) is 4.90 Å². The van der Waals surface area contributed by atoms with E-state index in [9.17, 15) is 9.00 Å². The molecule has 2 aromatic carbocycles. The first kappa shape index (κ1) is 19.4. The summed E-state index contributed by atoms with van der Waals surface area (Å²) < 4.78 is 22.3. The summed E-state index contributed by atoms with van der Waals surface area (Å²) in [5.41, 5.74) is 2.55. The lowest BCUT2D eigenvalue weighted by atomic mass is 10.0. The van der Waals surface area contributed by atoms with Crippen molar-refractivity contribution in [2.45, 2.75) is 24.6 Å². The Labute approximate surface area is 162 Å². The maximum Gasteiger partial charge on any atom is 0.254 e. The first-order valence-corrected chi connectivity index (χ1v) is 10.7. The Bertz CT molecular complexity index is 852. The molecule has 0 aromatic heterocycles. The zero-order chi connectivity index (χ0) is 19.4. The number of methoxy groups -OCH3 is 2. The maximum absolute atomic E-state index is 13.2. The molecule has 27 heavy (non-hydrogen) atoms. The number of likely N-dealkylation sites (tertiary alicyclic amines) is 1. The van der Waals surface area contributed by atoms with Gasteiger partial charge in [0.25, 0.3) is 5.91 Å². The van der Waals surface area contributed by atoms with E-state index in [-0.39, 0.29) is 11.9 Å². The van der Waals surface area contributed by atoms with Crippen LogP contribution in [0, 0.1) is 0 Å². The van der Waals surface area contributed by atoms with E-state index in [0.717, 1.165) is 35.5 Å². The Balaban J connectivity index is 1.88. The Morgan fingerprint density at radius 3 is 2.70 bits per heavy atom. The molecule has 3 rings (SSSR count). The number of ether oxygens (including phenoxy) is 2. The zero-order valence-corrected chi connectivity index (χ0v) is 16.8. The average molecular weight is 388 g/mol. The molecule has 2 aromatic rings. The van der Waals surface area contributed by atoms with Crippen molar-refractivity contribution >= 4 is 16.7 Å². The Kier molecular flexibility index (Phi) is 6.16. The molecule has 1 aliphatic heterocycles. The number of benzene rings is 2. The van der Waals surface area contributed by atoms with E-state index in [1.54, 1.807) is 20.5 Å². The summed E-state index contributed by atoms with van der Waals surface area (Å²) in [5.74, 6) is 1.91. The van der Waals surface area contributed by atoms with Crippen LogP contribution in [0.1, 0.15) is 40.4 Å². The van der Waals surface area contributed by atoms with Crippen LogP contribution in [-0.2, 0) is 16.6 Å². The Morgan fingerprint density at radius 2 is 2.00 bits per heavy atom. The van der Waals surface area contributed by atoms with Crippen LogP contribution in [-0.4, -0.2) is 42.0 Å². The van der Waals surface area contributed by atoms with Gasteiger partial charge >= 0.3 is 0 Å². The molecule has 1 heterocycles. The third kappa shape index (κ3) is 4.33. The minimum Gasteiger partial charge on any atom is -0.497 e. The van der Waals surface area contributed by atoms with Gasteiger partial charge in [-0.25, -0.2) is 0 Å². The summed E-state index contributed by atoms with van der Waals surface area (Å²) in [7, 11) is 2.32. The predicted octanol–water partition coefficient (Wildman–Crippen LogP) is 3.56. The molecular formula is C21H25NO4S. The van der Waals surface area contributed by atoms with Gasteiger partial charge in [0.2, 0.25) is 0 Å². The van der Waals surface area contributed by atoms with E-state index in [2.05, 4.69) is 0 Å². The topological polar surface area (TPSA) is 55.8 Å². The van der Waals surface area contributed by atoms with E-state index < -0.39 is 10.8 Å². The molecule has 0 spiro atoms. The summed E-state index contributed by atoms with van der Waals surface area (Å²) >= 11 is 0. The lowest BCUT2D eigenvalue weighted by Gasteiger charge is -2.27. The third-order valence-electron chi connectivity index (χ3n) is 4.86. The van der Waals surface area contributed by atoms with Crippen LogP contribution in [0.25, 0.3) is 0 Å². The summed E-state index contributed by atoms with van der Waals surface area (Å²) in [4.78, 5) is 15.1. The van der Waals surface area contributed by atoms with Crippen molar-refractivity contribution in [3.05, 3.63) is 59.2 Å². The lowest BCUT2D eigenvalue weighted by molar-refractivity contribution is 0.0734. The minimum atomic E-state index is -0.938. The smallest absolute Gasteiger partial charge is 0.254 e. The van der Waals surface area contributed by atoms with E-state index in [1.807, 2.05) is 47.4 Å². The van der Waals surface area contributed by atoms with Crippen LogP contribution in [0.5, 0.6) is 11.5 Å². The highest BCUT2D eigenvalue weighted by Crippen LogP contribution is 2.39. The quantitative estimate of drug-likeness (QED) is 0.761. The SMILES string of the molecule is COc1ccc(C2CCCN2C(=O)c2cccc(CS(C)=O)c2)c(OC)c1. The monoisotopic (exact) mass is 387 g/mol. The zero-order valence-electron chi connectivity index (χ0n) is 15.9. The molecule has 0 saturated carbocycles. The summed E-state index contributed by atoms with van der Waals surface area (Å²) in [5, 5.41) is 0. The van der Waals surface area contributed by atoms with E-state index >= 15 is 0 Å². The standard InChI is InChI=1S/C21H25NO4S/c1-25-17-9-10-18(20(13-17)26-2)19-8-5-11-22(19)21(23)16-7-4-6-15(12-16)14-27(3)24/h4,6-7,9-10,12-13,19H,5,8,11,14H2,1-3H3. The fourth-order valence-corrected chi connectivity index (χ4v) is 4.27. The second-order valence-corrected chi connectivity index (χ2v) is 8.12. The maximum atomic E-state index is 13.2. The molecule has 0 radical (unpaired) electrons. The summed E-state index contributed by atoms with van der Waals surface area (Å²) in [6, 6.07) is 13.1. The van der Waals surface area contributed by atoms with E-state index in [1.165, 1.54) is 0 Å². The van der Waals surface area contributed by atoms with E-state index in [4.69, 9.17) is 9.47 Å². The van der Waals surface area contributed by atoms with Crippen molar-refractivity contribution in [3.63, 3.8) is 0 Å². The summed E-state index contributed by atoms with van der Waals surface area (Å²) in [6.45, 7) is 0.711. The molecular weight excluding hydrogens is 362 g/mol. The Hall–Kier alpha value is -2.34. The molecule has 5 nitrogen and oxygen atoms in total. The molecule has 1 saturated heterocycles. The molecule has 2 atom stereocenters. The van der Waals surface area contributed by atoms with Crippen molar-refractivity contribution in [2.75, 3.05) is 27.0 Å². The van der Waals surface area contributed by atoms with Gasteiger partial charge in [0.15, 0.2) is 0 Å². The largest absolute Gasteiger partial charge is 0.497 e. The Morgan fingerprint density at radius 1 is 1.19 bits per heavy atom. The number of carbonyl (C=O) groups excluding carboxylic acids is 1. The number of carbonyl (C=O) groups is 1. The molecule has 2 unspecified atom stereocenters. The molecule has 0 N–H and O–H groups in total. The van der Waals surface area contributed by atoms with E-state index in [0.29, 0.717) is 17.9 Å². The fourth-order valence-electron chi connectivity index (χ4n) is 3.62. The van der Waals surface area contributed by atoms with Crippen molar-refractivity contribution in [3.8, 4) is 11.5 Å². The van der Waals surface area contributed by atoms with Crippen LogP contribution in [0.4, 0.5) is 0 Å². The highest BCUT2D eigenvalue weighted by atomic mass is 32.2. The second kappa shape index (κ2) is 8.57. The van der Waals surface area contributed by atoms with Gasteiger partial charge in [0.1, 0.15) is 11.5 Å². The lowest BCUT2D eigenvalue weighted by Crippen LogP contribution is -2.30. The number of rotatable bonds is 6. The van der Waals surface area contributed by atoms with Crippen molar-refractivity contribution in [2.24, 2.45) is 0 Å². The number of hydrogen-bond acceptors (Lipinski definition) is 4. The predicted molar refractivity (Wildman–Crippen MR) is 107 cm³/mol. The number of hydrogen-bond donors (Lipinski definition) is 0. The van der Waals surface area contributed by atoms with Crippen molar-refractivity contribution in [1.29, 1.82) is 0 Å². The molecule has 6 heteroatoms.